The monoisotopic (exact) mass is 581 g/mol. The Morgan fingerprint density at radius 3 is 2.10 bits per heavy atom. The molecule has 10 heteroatoms. The van der Waals surface area contributed by atoms with Gasteiger partial charge in [-0.15, -0.1) is 0 Å². The molecule has 0 saturated carbocycles. The molecule has 0 spiro atoms. The molecule has 2 amide bonds. The number of anilines is 1. The quantitative estimate of drug-likeness (QED) is 0.272. The normalized spacial score (nSPS) is 11.8. The maximum absolute atomic E-state index is 14.2. The van der Waals surface area contributed by atoms with Crippen LogP contribution in [0.15, 0.2) is 78.9 Å². The molecule has 9 nitrogen and oxygen atoms in total. The van der Waals surface area contributed by atoms with Crippen molar-refractivity contribution in [2.24, 2.45) is 0 Å². The van der Waals surface area contributed by atoms with Gasteiger partial charge in [0.1, 0.15) is 24.1 Å². The molecule has 0 bridgehead atoms. The van der Waals surface area contributed by atoms with Gasteiger partial charge in [-0.05, 0) is 29.7 Å². The molecular formula is C31H39N3O6S. The Morgan fingerprint density at radius 2 is 1.54 bits per heavy atom. The van der Waals surface area contributed by atoms with E-state index in [4.69, 9.17) is 9.47 Å². The van der Waals surface area contributed by atoms with Crippen molar-refractivity contribution in [3.05, 3.63) is 90.0 Å². The number of amides is 2. The zero-order chi connectivity index (χ0) is 29.8. The van der Waals surface area contributed by atoms with Crippen LogP contribution < -0.4 is 19.1 Å². The summed E-state index contributed by atoms with van der Waals surface area (Å²) in [6, 6.07) is 22.6. The van der Waals surface area contributed by atoms with Crippen LogP contribution in [-0.2, 0) is 32.6 Å². The van der Waals surface area contributed by atoms with E-state index in [1.807, 2.05) is 67.6 Å². The summed E-state index contributed by atoms with van der Waals surface area (Å²) in [5.74, 6) is -0.163. The number of unbranched alkanes of at least 4 members (excludes halogenated alkanes) is 1. The van der Waals surface area contributed by atoms with Crippen LogP contribution in [-0.4, -0.2) is 64.7 Å². The van der Waals surface area contributed by atoms with Gasteiger partial charge in [0.15, 0.2) is 0 Å². The van der Waals surface area contributed by atoms with Crippen LogP contribution in [0.3, 0.4) is 0 Å². The van der Waals surface area contributed by atoms with E-state index in [2.05, 4.69) is 5.32 Å². The topological polar surface area (TPSA) is 105 Å². The van der Waals surface area contributed by atoms with Crippen LogP contribution in [0.25, 0.3) is 0 Å². The average molecular weight is 582 g/mol. The number of nitrogens with zero attached hydrogens (tertiary/aromatic N) is 2. The maximum atomic E-state index is 14.2. The number of ether oxygens (including phenoxy) is 2. The predicted octanol–water partition coefficient (Wildman–Crippen LogP) is 4.03. The highest BCUT2D eigenvalue weighted by Crippen LogP contribution is 2.34. The molecule has 0 aromatic heterocycles. The standard InChI is InChI=1S/C31H39N3O6S/c1-5-6-19-32-31(36)28(20-24-13-9-7-10-14-24)33(22-25-15-11-8-12-16-25)30(35)23-34(41(4,37)38)27-21-26(39-2)17-18-29(27)40-3/h7-18,21,28H,5-6,19-20,22-23H2,1-4H3,(H,32,36)/t28-/m0/s1. The zero-order valence-electron chi connectivity index (χ0n) is 24.1. The number of hydrogen-bond acceptors (Lipinski definition) is 6. The smallest absolute Gasteiger partial charge is 0.244 e. The lowest BCUT2D eigenvalue weighted by Crippen LogP contribution is -2.53. The fourth-order valence-corrected chi connectivity index (χ4v) is 5.27. The first-order chi connectivity index (χ1) is 19.7. The van der Waals surface area contributed by atoms with Crippen molar-refractivity contribution in [2.75, 3.05) is 37.9 Å². The summed E-state index contributed by atoms with van der Waals surface area (Å²) in [5, 5.41) is 2.97. The van der Waals surface area contributed by atoms with Gasteiger partial charge in [0.2, 0.25) is 21.8 Å². The highest BCUT2D eigenvalue weighted by atomic mass is 32.2. The Kier molecular flexibility index (Phi) is 11.6. The second-order valence-electron chi connectivity index (χ2n) is 9.66. The number of hydrogen-bond donors (Lipinski definition) is 1. The van der Waals surface area contributed by atoms with E-state index in [9.17, 15) is 18.0 Å². The molecule has 0 aliphatic heterocycles. The summed E-state index contributed by atoms with van der Waals surface area (Å²) in [7, 11) is -1.06. The van der Waals surface area contributed by atoms with Crippen LogP contribution in [0.1, 0.15) is 30.9 Å². The van der Waals surface area contributed by atoms with E-state index in [1.54, 1.807) is 12.1 Å². The number of nitrogens with one attached hydrogen (secondary N) is 1. The summed E-state index contributed by atoms with van der Waals surface area (Å²) in [5.41, 5.74) is 1.85. The molecule has 0 aliphatic carbocycles. The summed E-state index contributed by atoms with van der Waals surface area (Å²) >= 11 is 0. The number of sulfonamides is 1. The molecule has 0 unspecified atom stereocenters. The number of carbonyl (C=O) groups is 2. The fourth-order valence-electron chi connectivity index (χ4n) is 4.43. The van der Waals surface area contributed by atoms with Gasteiger partial charge in [-0.1, -0.05) is 74.0 Å². The van der Waals surface area contributed by atoms with Gasteiger partial charge in [0.25, 0.3) is 0 Å². The van der Waals surface area contributed by atoms with E-state index in [0.717, 1.165) is 34.5 Å². The molecule has 0 saturated heterocycles. The minimum absolute atomic E-state index is 0.116. The molecule has 0 fully saturated rings. The molecule has 3 rings (SSSR count). The van der Waals surface area contributed by atoms with Gasteiger partial charge in [-0.25, -0.2) is 8.42 Å². The van der Waals surface area contributed by atoms with E-state index < -0.39 is 28.5 Å². The molecule has 3 aromatic carbocycles. The maximum Gasteiger partial charge on any atom is 0.244 e. The van der Waals surface area contributed by atoms with E-state index in [0.29, 0.717) is 12.3 Å². The van der Waals surface area contributed by atoms with Crippen LogP contribution >= 0.6 is 0 Å². The molecule has 0 radical (unpaired) electrons. The lowest BCUT2D eigenvalue weighted by atomic mass is 10.0. The summed E-state index contributed by atoms with van der Waals surface area (Å²) in [4.78, 5) is 29.3. The first kappa shape index (κ1) is 31.5. The molecule has 3 aromatic rings. The molecular weight excluding hydrogens is 542 g/mol. The van der Waals surface area contributed by atoms with E-state index in [1.165, 1.54) is 25.2 Å². The Labute approximate surface area is 243 Å². The fraction of sp³-hybridized carbons (Fsp3) is 0.355. The van der Waals surface area contributed by atoms with Gasteiger partial charge in [0, 0.05) is 25.6 Å². The molecule has 220 valence electrons. The molecule has 1 atom stereocenters. The van der Waals surface area contributed by atoms with Crippen LogP contribution in [0.2, 0.25) is 0 Å². The first-order valence-corrected chi connectivity index (χ1v) is 15.4. The summed E-state index contributed by atoms with van der Waals surface area (Å²) in [6.45, 7) is 2.09. The minimum atomic E-state index is -3.95. The second kappa shape index (κ2) is 15.1. The highest BCUT2D eigenvalue weighted by molar-refractivity contribution is 7.92. The first-order valence-electron chi connectivity index (χ1n) is 13.5. The molecule has 0 aliphatic rings. The van der Waals surface area contributed by atoms with Gasteiger partial charge >= 0.3 is 0 Å². The van der Waals surface area contributed by atoms with Crippen molar-refractivity contribution in [2.45, 2.75) is 38.8 Å². The Hall–Kier alpha value is -4.05. The van der Waals surface area contributed by atoms with Gasteiger partial charge < -0.3 is 19.7 Å². The lowest BCUT2D eigenvalue weighted by Gasteiger charge is -2.33. The third kappa shape index (κ3) is 8.97. The van der Waals surface area contributed by atoms with Crippen molar-refractivity contribution >= 4 is 27.5 Å². The largest absolute Gasteiger partial charge is 0.497 e. The van der Waals surface area contributed by atoms with Crippen molar-refractivity contribution in [1.82, 2.24) is 10.2 Å². The number of carbonyl (C=O) groups excluding carboxylic acids is 2. The Bertz CT molecular complexity index is 1380. The van der Waals surface area contributed by atoms with Crippen LogP contribution in [0, 0.1) is 0 Å². The second-order valence-corrected chi connectivity index (χ2v) is 11.6. The average Bonchev–Trinajstić information content (AvgIpc) is 2.97. The predicted molar refractivity (Wildman–Crippen MR) is 161 cm³/mol. The zero-order valence-corrected chi connectivity index (χ0v) is 24.9. The van der Waals surface area contributed by atoms with Gasteiger partial charge in [-0.3, -0.25) is 13.9 Å². The minimum Gasteiger partial charge on any atom is -0.497 e. The Balaban J connectivity index is 2.06. The van der Waals surface area contributed by atoms with Crippen molar-refractivity contribution in [3.63, 3.8) is 0 Å². The third-order valence-electron chi connectivity index (χ3n) is 6.63. The summed E-state index contributed by atoms with van der Waals surface area (Å²) < 4.78 is 37.9. The molecule has 0 heterocycles. The van der Waals surface area contributed by atoms with Gasteiger partial charge in [-0.2, -0.15) is 0 Å². The Morgan fingerprint density at radius 1 is 0.902 bits per heavy atom. The highest BCUT2D eigenvalue weighted by Gasteiger charge is 2.33. The van der Waals surface area contributed by atoms with Crippen LogP contribution in [0.5, 0.6) is 11.5 Å². The lowest BCUT2D eigenvalue weighted by molar-refractivity contribution is -0.140. The number of benzene rings is 3. The van der Waals surface area contributed by atoms with E-state index in [-0.39, 0.29) is 30.3 Å². The number of rotatable bonds is 15. The van der Waals surface area contributed by atoms with Crippen molar-refractivity contribution in [3.8, 4) is 11.5 Å². The van der Waals surface area contributed by atoms with E-state index >= 15 is 0 Å². The molecule has 41 heavy (non-hydrogen) atoms. The SMILES string of the molecule is CCCCNC(=O)[C@H](Cc1ccccc1)N(Cc1ccccc1)C(=O)CN(c1cc(OC)ccc1OC)S(C)(=O)=O. The third-order valence-corrected chi connectivity index (χ3v) is 7.76. The molecule has 1 N–H and O–H groups in total. The van der Waals surface area contributed by atoms with Gasteiger partial charge in [0.05, 0.1) is 26.2 Å². The number of methoxy groups -OCH3 is 2. The summed E-state index contributed by atoms with van der Waals surface area (Å²) in [6.07, 6.45) is 2.99. The van der Waals surface area contributed by atoms with Crippen LogP contribution in [0.4, 0.5) is 5.69 Å². The van der Waals surface area contributed by atoms with Crippen molar-refractivity contribution < 1.29 is 27.5 Å². The van der Waals surface area contributed by atoms with Crippen molar-refractivity contribution in [1.29, 1.82) is 0 Å².